The van der Waals surface area contributed by atoms with Crippen LogP contribution in [-0.4, -0.2) is 15.2 Å². The van der Waals surface area contributed by atoms with Gasteiger partial charge in [-0.15, -0.1) is 11.8 Å². The van der Waals surface area contributed by atoms with Gasteiger partial charge in [-0.05, 0) is 12.8 Å². The molecule has 0 fully saturated rings. The molecule has 0 saturated carbocycles. The van der Waals surface area contributed by atoms with E-state index >= 15 is 0 Å². The van der Waals surface area contributed by atoms with Crippen LogP contribution in [0.5, 0.6) is 0 Å². The molecule has 0 aliphatic rings. The van der Waals surface area contributed by atoms with Gasteiger partial charge in [-0.25, -0.2) is 15.8 Å². The molecule has 1 heterocycles. The van der Waals surface area contributed by atoms with Gasteiger partial charge in [0, 0.05) is 17.7 Å². The Bertz CT molecular complexity index is 330. The number of nitrogen functional groups attached to an aromatic ring is 1. The Hall–Kier alpha value is -0.810. The summed E-state index contributed by atoms with van der Waals surface area (Å²) in [7, 11) is 0. The second-order valence-corrected chi connectivity index (χ2v) is 5.20. The molecule has 0 aliphatic carbocycles. The van der Waals surface area contributed by atoms with Gasteiger partial charge in [-0.2, -0.15) is 0 Å². The maximum atomic E-state index is 5.40. The van der Waals surface area contributed by atoms with Crippen molar-refractivity contribution in [3.8, 4) is 0 Å². The SMILES string of the molecule is CCCc1nc(NN)cc(SC(C)CC)n1. The van der Waals surface area contributed by atoms with Crippen molar-refractivity contribution in [2.24, 2.45) is 5.84 Å². The van der Waals surface area contributed by atoms with Crippen LogP contribution < -0.4 is 11.3 Å². The lowest BCUT2D eigenvalue weighted by Gasteiger charge is -2.10. The number of aryl methyl sites for hydroxylation is 1. The molecule has 1 atom stereocenters. The van der Waals surface area contributed by atoms with Crippen LogP contribution >= 0.6 is 11.8 Å². The van der Waals surface area contributed by atoms with Crippen molar-refractivity contribution in [3.05, 3.63) is 11.9 Å². The van der Waals surface area contributed by atoms with Gasteiger partial charge in [0.2, 0.25) is 0 Å². The standard InChI is InChI=1S/C11H20N4S/c1-4-6-9-13-10(15-12)7-11(14-9)16-8(3)5-2/h7-8H,4-6,12H2,1-3H3,(H,13,14,15). The molecule has 1 rings (SSSR count). The quantitative estimate of drug-likeness (QED) is 0.346. The zero-order valence-electron chi connectivity index (χ0n) is 10.2. The van der Waals surface area contributed by atoms with Crippen molar-refractivity contribution >= 4 is 17.6 Å². The summed E-state index contributed by atoms with van der Waals surface area (Å²) >= 11 is 1.77. The summed E-state index contributed by atoms with van der Waals surface area (Å²) in [4.78, 5) is 8.83. The summed E-state index contributed by atoms with van der Waals surface area (Å²) < 4.78 is 0. The number of rotatable bonds is 6. The summed E-state index contributed by atoms with van der Waals surface area (Å²) in [6.07, 6.45) is 3.06. The molecule has 1 aromatic heterocycles. The highest BCUT2D eigenvalue weighted by Gasteiger charge is 2.07. The van der Waals surface area contributed by atoms with Gasteiger partial charge in [-0.3, -0.25) is 0 Å². The third-order valence-electron chi connectivity index (χ3n) is 2.27. The molecule has 0 aromatic carbocycles. The van der Waals surface area contributed by atoms with Gasteiger partial charge in [0.25, 0.3) is 0 Å². The van der Waals surface area contributed by atoms with Crippen molar-refractivity contribution in [2.45, 2.75) is 50.3 Å². The first-order valence-electron chi connectivity index (χ1n) is 5.70. The normalized spacial score (nSPS) is 12.5. The molecule has 0 saturated heterocycles. The molecule has 1 unspecified atom stereocenters. The fourth-order valence-electron chi connectivity index (χ4n) is 1.23. The Labute approximate surface area is 101 Å². The van der Waals surface area contributed by atoms with Crippen LogP contribution in [-0.2, 0) is 6.42 Å². The number of nitrogens with zero attached hydrogens (tertiary/aromatic N) is 2. The third kappa shape index (κ3) is 3.98. The van der Waals surface area contributed by atoms with Gasteiger partial charge in [0.05, 0.1) is 0 Å². The van der Waals surface area contributed by atoms with Crippen LogP contribution in [0.4, 0.5) is 5.82 Å². The van der Waals surface area contributed by atoms with Crippen molar-refractivity contribution in [1.29, 1.82) is 0 Å². The summed E-state index contributed by atoms with van der Waals surface area (Å²) in [5.74, 6) is 6.96. The smallest absolute Gasteiger partial charge is 0.144 e. The zero-order valence-corrected chi connectivity index (χ0v) is 11.0. The summed E-state index contributed by atoms with van der Waals surface area (Å²) in [5.41, 5.74) is 2.59. The molecule has 16 heavy (non-hydrogen) atoms. The number of hydrogen-bond acceptors (Lipinski definition) is 5. The van der Waals surface area contributed by atoms with E-state index in [0.29, 0.717) is 11.1 Å². The van der Waals surface area contributed by atoms with Crippen LogP contribution in [0.2, 0.25) is 0 Å². The molecule has 0 bridgehead atoms. The molecule has 0 spiro atoms. The molecule has 90 valence electrons. The first-order chi connectivity index (χ1) is 7.69. The maximum Gasteiger partial charge on any atom is 0.144 e. The Morgan fingerprint density at radius 3 is 2.75 bits per heavy atom. The van der Waals surface area contributed by atoms with E-state index in [9.17, 15) is 0 Å². The highest BCUT2D eigenvalue weighted by atomic mass is 32.2. The number of thioether (sulfide) groups is 1. The second-order valence-electron chi connectivity index (χ2n) is 3.74. The average Bonchev–Trinajstić information content (AvgIpc) is 2.29. The molecule has 4 nitrogen and oxygen atoms in total. The lowest BCUT2D eigenvalue weighted by atomic mass is 10.3. The van der Waals surface area contributed by atoms with Crippen LogP contribution in [0.25, 0.3) is 0 Å². The molecule has 1 aromatic rings. The Balaban J connectivity index is 2.85. The summed E-state index contributed by atoms with van der Waals surface area (Å²) in [6.45, 7) is 6.49. The molecule has 0 aliphatic heterocycles. The van der Waals surface area contributed by atoms with Crippen LogP contribution in [0.3, 0.4) is 0 Å². The Morgan fingerprint density at radius 2 is 2.19 bits per heavy atom. The predicted octanol–water partition coefficient (Wildman–Crippen LogP) is 2.61. The third-order valence-corrected chi connectivity index (χ3v) is 3.45. The number of aromatic nitrogens is 2. The fourth-order valence-corrected chi connectivity index (χ4v) is 2.15. The molecule has 3 N–H and O–H groups in total. The van der Waals surface area contributed by atoms with E-state index < -0.39 is 0 Å². The number of hydrogen-bond donors (Lipinski definition) is 2. The van der Waals surface area contributed by atoms with Crippen LogP contribution in [0.1, 0.15) is 39.4 Å². The van der Waals surface area contributed by atoms with E-state index in [1.807, 2.05) is 6.07 Å². The lowest BCUT2D eigenvalue weighted by Crippen LogP contribution is -2.11. The summed E-state index contributed by atoms with van der Waals surface area (Å²) in [5, 5.41) is 1.57. The van der Waals surface area contributed by atoms with Crippen molar-refractivity contribution in [2.75, 3.05) is 5.43 Å². The van der Waals surface area contributed by atoms with E-state index in [4.69, 9.17) is 5.84 Å². The minimum Gasteiger partial charge on any atom is -0.308 e. The average molecular weight is 240 g/mol. The number of nitrogens with two attached hydrogens (primary N) is 1. The first kappa shape index (κ1) is 13.3. The van der Waals surface area contributed by atoms with Crippen LogP contribution in [0, 0.1) is 0 Å². The van der Waals surface area contributed by atoms with Crippen molar-refractivity contribution < 1.29 is 0 Å². The maximum absolute atomic E-state index is 5.40. The van der Waals surface area contributed by atoms with Crippen molar-refractivity contribution in [3.63, 3.8) is 0 Å². The van der Waals surface area contributed by atoms with E-state index in [0.717, 1.165) is 30.1 Å². The van der Waals surface area contributed by atoms with Crippen molar-refractivity contribution in [1.82, 2.24) is 9.97 Å². The van der Waals surface area contributed by atoms with E-state index in [2.05, 4.69) is 36.2 Å². The first-order valence-corrected chi connectivity index (χ1v) is 6.58. The monoisotopic (exact) mass is 240 g/mol. The Morgan fingerprint density at radius 1 is 1.44 bits per heavy atom. The minimum atomic E-state index is 0.565. The predicted molar refractivity (Wildman–Crippen MR) is 69.4 cm³/mol. The van der Waals surface area contributed by atoms with E-state index in [-0.39, 0.29) is 0 Å². The topological polar surface area (TPSA) is 63.8 Å². The second kappa shape index (κ2) is 6.70. The molecule has 0 amide bonds. The fraction of sp³-hybridized carbons (Fsp3) is 0.636. The van der Waals surface area contributed by atoms with Gasteiger partial charge in [0.15, 0.2) is 0 Å². The van der Waals surface area contributed by atoms with Gasteiger partial charge < -0.3 is 5.43 Å². The highest BCUT2D eigenvalue weighted by Crippen LogP contribution is 2.24. The number of anilines is 1. The largest absolute Gasteiger partial charge is 0.308 e. The van der Waals surface area contributed by atoms with Crippen LogP contribution in [0.15, 0.2) is 11.1 Å². The van der Waals surface area contributed by atoms with Gasteiger partial charge in [-0.1, -0.05) is 20.8 Å². The lowest BCUT2D eigenvalue weighted by molar-refractivity contribution is 0.807. The zero-order chi connectivity index (χ0) is 12.0. The highest BCUT2D eigenvalue weighted by molar-refractivity contribution is 7.99. The molecular formula is C11H20N4S. The van der Waals surface area contributed by atoms with Gasteiger partial charge in [0.1, 0.15) is 16.7 Å². The molecule has 0 radical (unpaired) electrons. The summed E-state index contributed by atoms with van der Waals surface area (Å²) in [6, 6.07) is 1.90. The molecule has 5 heteroatoms. The number of hydrazine groups is 1. The molecular weight excluding hydrogens is 220 g/mol. The van der Waals surface area contributed by atoms with E-state index in [1.54, 1.807) is 11.8 Å². The van der Waals surface area contributed by atoms with E-state index in [1.165, 1.54) is 0 Å². The minimum absolute atomic E-state index is 0.565. The number of nitrogens with one attached hydrogen (secondary N) is 1. The Kier molecular flexibility index (Phi) is 5.55. The van der Waals surface area contributed by atoms with Gasteiger partial charge >= 0.3 is 0 Å².